The average Bonchev–Trinajstić information content (AvgIpc) is 2.86. The van der Waals surface area contributed by atoms with Crippen molar-refractivity contribution < 1.29 is 8.42 Å². The highest BCUT2D eigenvalue weighted by atomic mass is 35.5. The molecule has 1 N–H and O–H groups in total. The Balaban J connectivity index is 2.21. The SMILES string of the molecule is O=S1(=O)NCC2CC21c1ccccc1Cl. The molecule has 0 spiro atoms. The summed E-state index contributed by atoms with van der Waals surface area (Å²) in [7, 11) is -3.22. The van der Waals surface area contributed by atoms with Crippen molar-refractivity contribution in [3.63, 3.8) is 0 Å². The van der Waals surface area contributed by atoms with Crippen molar-refractivity contribution in [2.24, 2.45) is 5.92 Å². The highest BCUT2D eigenvalue weighted by Gasteiger charge is 2.69. The van der Waals surface area contributed by atoms with Crippen molar-refractivity contribution in [3.8, 4) is 0 Å². The molecular formula is C10H10ClNO2S. The monoisotopic (exact) mass is 243 g/mol. The van der Waals surface area contributed by atoms with Crippen molar-refractivity contribution in [3.05, 3.63) is 34.9 Å². The molecule has 2 unspecified atom stereocenters. The van der Waals surface area contributed by atoms with E-state index in [0.29, 0.717) is 18.0 Å². The third-order valence-electron chi connectivity index (χ3n) is 3.38. The van der Waals surface area contributed by atoms with Crippen LogP contribution in [-0.2, 0) is 14.8 Å². The van der Waals surface area contributed by atoms with Crippen LogP contribution in [0.5, 0.6) is 0 Å². The van der Waals surface area contributed by atoms with Crippen LogP contribution in [-0.4, -0.2) is 15.0 Å². The largest absolute Gasteiger partial charge is 0.221 e. The number of hydrogen-bond donors (Lipinski definition) is 1. The number of nitrogens with one attached hydrogen (secondary N) is 1. The highest BCUT2D eigenvalue weighted by molar-refractivity contribution is 7.91. The summed E-state index contributed by atoms with van der Waals surface area (Å²) < 4.78 is 25.7. The summed E-state index contributed by atoms with van der Waals surface area (Å²) in [6.45, 7) is 0.549. The third-order valence-corrected chi connectivity index (χ3v) is 5.93. The molecule has 2 fully saturated rings. The maximum absolute atomic E-state index is 11.9. The van der Waals surface area contributed by atoms with Crippen LogP contribution in [0.15, 0.2) is 24.3 Å². The minimum Gasteiger partial charge on any atom is -0.214 e. The summed E-state index contributed by atoms with van der Waals surface area (Å²) in [5.74, 6) is 0.197. The normalized spacial score (nSPS) is 36.2. The van der Waals surface area contributed by atoms with Crippen molar-refractivity contribution >= 4 is 21.6 Å². The zero-order valence-electron chi connectivity index (χ0n) is 7.90. The van der Waals surface area contributed by atoms with Gasteiger partial charge in [0.05, 0.1) is 0 Å². The highest BCUT2D eigenvalue weighted by Crippen LogP contribution is 2.62. The summed E-state index contributed by atoms with van der Waals surface area (Å²) in [6, 6.07) is 7.20. The molecule has 1 aliphatic heterocycles. The van der Waals surface area contributed by atoms with E-state index in [1.807, 2.05) is 18.2 Å². The predicted molar refractivity (Wildman–Crippen MR) is 58.2 cm³/mol. The second-order valence-electron chi connectivity index (χ2n) is 4.12. The lowest BCUT2D eigenvalue weighted by atomic mass is 10.1. The van der Waals surface area contributed by atoms with Crippen LogP contribution in [0, 0.1) is 5.92 Å². The molecule has 2 aliphatic rings. The van der Waals surface area contributed by atoms with Crippen LogP contribution in [0.25, 0.3) is 0 Å². The fraction of sp³-hybridized carbons (Fsp3) is 0.400. The smallest absolute Gasteiger partial charge is 0.214 e. The van der Waals surface area contributed by atoms with Crippen LogP contribution in [0.1, 0.15) is 12.0 Å². The number of fused-ring (bicyclic) bond motifs is 1. The van der Waals surface area contributed by atoms with Crippen molar-refractivity contribution in [2.45, 2.75) is 11.2 Å². The van der Waals surface area contributed by atoms with Crippen molar-refractivity contribution in [1.29, 1.82) is 0 Å². The zero-order valence-corrected chi connectivity index (χ0v) is 9.48. The van der Waals surface area contributed by atoms with Crippen LogP contribution in [0.3, 0.4) is 0 Å². The molecule has 1 aromatic carbocycles. The van der Waals surface area contributed by atoms with Gasteiger partial charge in [0, 0.05) is 11.6 Å². The predicted octanol–water partition coefficient (Wildman–Crippen LogP) is 1.49. The number of rotatable bonds is 1. The van der Waals surface area contributed by atoms with E-state index in [1.54, 1.807) is 6.07 Å². The van der Waals surface area contributed by atoms with E-state index in [2.05, 4.69) is 4.72 Å². The molecule has 2 atom stereocenters. The van der Waals surface area contributed by atoms with Crippen LogP contribution in [0.4, 0.5) is 0 Å². The van der Waals surface area contributed by atoms with Gasteiger partial charge in [0.2, 0.25) is 10.0 Å². The molecule has 1 saturated carbocycles. The Bertz CT molecular complexity index is 528. The standard InChI is InChI=1S/C10H10ClNO2S/c11-9-4-2-1-3-8(9)10-5-7(10)6-12-15(10,13)14/h1-4,7,12H,5-6H2. The molecule has 0 aromatic heterocycles. The Morgan fingerprint density at radius 2 is 2.13 bits per heavy atom. The van der Waals surface area contributed by atoms with E-state index in [0.717, 1.165) is 5.56 Å². The Kier molecular flexibility index (Phi) is 1.77. The first kappa shape index (κ1) is 9.63. The van der Waals surface area contributed by atoms with Gasteiger partial charge in [-0.3, -0.25) is 0 Å². The molecule has 1 saturated heterocycles. The minimum absolute atomic E-state index is 0.197. The van der Waals surface area contributed by atoms with Gasteiger partial charge < -0.3 is 0 Å². The molecule has 0 amide bonds. The Morgan fingerprint density at radius 1 is 1.40 bits per heavy atom. The molecule has 3 nitrogen and oxygen atoms in total. The first-order valence-corrected chi connectivity index (χ1v) is 6.68. The minimum atomic E-state index is -3.22. The van der Waals surface area contributed by atoms with Gasteiger partial charge in [-0.2, -0.15) is 0 Å². The summed E-state index contributed by atoms with van der Waals surface area (Å²) >= 11 is 6.06. The fourth-order valence-corrected chi connectivity index (χ4v) is 4.94. The topological polar surface area (TPSA) is 46.2 Å². The molecular weight excluding hydrogens is 234 g/mol. The lowest BCUT2D eigenvalue weighted by molar-refractivity contribution is 0.577. The first-order chi connectivity index (χ1) is 7.08. The summed E-state index contributed by atoms with van der Waals surface area (Å²) in [5, 5.41) is 0.548. The number of benzene rings is 1. The van der Waals surface area contributed by atoms with E-state index in [1.165, 1.54) is 0 Å². The summed E-state index contributed by atoms with van der Waals surface area (Å²) in [4.78, 5) is 0. The second-order valence-corrected chi connectivity index (χ2v) is 6.55. The number of halogens is 1. The zero-order chi connectivity index (χ0) is 10.7. The van der Waals surface area contributed by atoms with Gasteiger partial charge in [0.15, 0.2) is 0 Å². The van der Waals surface area contributed by atoms with E-state index in [-0.39, 0.29) is 5.92 Å². The summed E-state index contributed by atoms with van der Waals surface area (Å²) in [5.41, 5.74) is 0.752. The van der Waals surface area contributed by atoms with Crippen LogP contribution < -0.4 is 4.72 Å². The molecule has 1 heterocycles. The second kappa shape index (κ2) is 2.75. The van der Waals surface area contributed by atoms with E-state index in [9.17, 15) is 8.42 Å². The third kappa shape index (κ3) is 1.07. The van der Waals surface area contributed by atoms with Gasteiger partial charge in [-0.15, -0.1) is 0 Å². The van der Waals surface area contributed by atoms with Crippen molar-refractivity contribution in [2.75, 3.05) is 6.54 Å². The molecule has 5 heteroatoms. The Labute approximate surface area is 93.5 Å². The molecule has 0 bridgehead atoms. The molecule has 15 heavy (non-hydrogen) atoms. The molecule has 80 valence electrons. The quantitative estimate of drug-likeness (QED) is 0.812. The Hall–Kier alpha value is -0.580. The van der Waals surface area contributed by atoms with E-state index >= 15 is 0 Å². The average molecular weight is 244 g/mol. The van der Waals surface area contributed by atoms with Gasteiger partial charge in [-0.05, 0) is 24.0 Å². The van der Waals surface area contributed by atoms with E-state index in [4.69, 9.17) is 11.6 Å². The maximum atomic E-state index is 11.9. The van der Waals surface area contributed by atoms with Gasteiger partial charge in [-0.1, -0.05) is 29.8 Å². The van der Waals surface area contributed by atoms with Crippen LogP contribution in [0.2, 0.25) is 5.02 Å². The molecule has 1 aliphatic carbocycles. The summed E-state index contributed by atoms with van der Waals surface area (Å²) in [6.07, 6.45) is 0.700. The van der Waals surface area contributed by atoms with Gasteiger partial charge in [0.25, 0.3) is 0 Å². The number of sulfonamides is 1. The molecule has 1 aromatic rings. The van der Waals surface area contributed by atoms with E-state index < -0.39 is 14.8 Å². The van der Waals surface area contributed by atoms with Crippen LogP contribution >= 0.6 is 11.6 Å². The number of hydrogen-bond acceptors (Lipinski definition) is 2. The Morgan fingerprint density at radius 3 is 2.67 bits per heavy atom. The lowest BCUT2D eigenvalue weighted by Crippen LogP contribution is -2.28. The van der Waals surface area contributed by atoms with Gasteiger partial charge >= 0.3 is 0 Å². The van der Waals surface area contributed by atoms with Gasteiger partial charge in [-0.25, -0.2) is 13.1 Å². The molecule has 3 rings (SSSR count). The first-order valence-electron chi connectivity index (χ1n) is 4.82. The molecule has 0 radical (unpaired) electrons. The fourth-order valence-electron chi connectivity index (χ4n) is 2.49. The van der Waals surface area contributed by atoms with Gasteiger partial charge in [0.1, 0.15) is 4.75 Å². The lowest BCUT2D eigenvalue weighted by Gasteiger charge is -2.14. The van der Waals surface area contributed by atoms with Crippen molar-refractivity contribution in [1.82, 2.24) is 4.72 Å². The maximum Gasteiger partial charge on any atom is 0.221 e.